The first-order valence-corrected chi connectivity index (χ1v) is 27.0. The van der Waals surface area contributed by atoms with Crippen LogP contribution in [0.2, 0.25) is 0 Å². The van der Waals surface area contributed by atoms with Crippen molar-refractivity contribution in [3.05, 3.63) is 64.6 Å². The van der Waals surface area contributed by atoms with E-state index in [0.29, 0.717) is 25.8 Å². The van der Waals surface area contributed by atoms with Crippen LogP contribution >= 0.6 is 11.3 Å². The van der Waals surface area contributed by atoms with Gasteiger partial charge in [-0.2, -0.15) is 0 Å². The number of ether oxygens (including phenoxy) is 5. The van der Waals surface area contributed by atoms with E-state index in [1.54, 1.807) is 57.5 Å². The lowest BCUT2D eigenvalue weighted by molar-refractivity contribution is -0.149. The van der Waals surface area contributed by atoms with E-state index in [9.17, 15) is 33.6 Å². The van der Waals surface area contributed by atoms with Crippen molar-refractivity contribution < 1.29 is 57.2 Å². The lowest BCUT2D eigenvalue weighted by atomic mass is 9.82. The third-order valence-corrected chi connectivity index (χ3v) is 15.8. The molecule has 1 N–H and O–H groups in total. The lowest BCUT2D eigenvalue weighted by Gasteiger charge is -2.41. The zero-order valence-electron chi connectivity index (χ0n) is 44.4. The summed E-state index contributed by atoms with van der Waals surface area (Å²) >= 11 is 1.55. The minimum Gasteiger partial charge on any atom is -0.379 e. The smallest absolute Gasteiger partial charge is 0.253 e. The third-order valence-electron chi connectivity index (χ3n) is 14.8. The lowest BCUT2D eigenvalue weighted by Crippen LogP contribution is -2.55. The highest BCUT2D eigenvalue weighted by molar-refractivity contribution is 7.09. The molecule has 2 fully saturated rings. The maximum absolute atomic E-state index is 14.7. The second-order valence-corrected chi connectivity index (χ2v) is 21.5. The molecule has 2 aliphatic heterocycles. The Hall–Kier alpha value is -4.72. The Morgan fingerprint density at radius 3 is 2.08 bits per heavy atom. The number of amides is 5. The average molecular weight is 1040 g/mol. The summed E-state index contributed by atoms with van der Waals surface area (Å²) in [7, 11) is 4.97. The van der Waals surface area contributed by atoms with Gasteiger partial charge < -0.3 is 38.8 Å². The number of imide groups is 1. The van der Waals surface area contributed by atoms with Crippen LogP contribution in [0.4, 0.5) is 0 Å². The maximum atomic E-state index is 14.7. The van der Waals surface area contributed by atoms with E-state index in [1.165, 1.54) is 12.2 Å². The number of Topliss-reactive ketones (excluding diaryl/α,β-unsaturated/α-hetero) is 2. The molecule has 1 aromatic carbocycles. The van der Waals surface area contributed by atoms with E-state index in [1.807, 2.05) is 49.3 Å². The fraction of sp³-hybridized carbons (Fsp3) is 0.673. The van der Waals surface area contributed by atoms with Gasteiger partial charge in [-0.25, -0.2) is 4.98 Å². The Bertz CT molecular complexity index is 2110. The number of hydrogen-bond acceptors (Lipinski definition) is 14. The van der Waals surface area contributed by atoms with Gasteiger partial charge in [0.25, 0.3) is 11.8 Å². The molecule has 5 amide bonds. The SMILES string of the molecule is CO[C@H]([C@@H](C)C(=O)C[C@@H](Cc1ccccc1)c1nccs1)[C@@H]1CCCN1C(=O)C[C@@H](OC)[C@H](C1CCCC1)N(C)C(=O)[C@@H](CC(=O)C(C)(C)NC(=O)CCOCCOCCOCCN1C(=O)C=CC1=O)C(C)C. The topological polar surface area (TPSA) is 200 Å². The first kappa shape index (κ1) is 59.2. The van der Waals surface area contributed by atoms with Gasteiger partial charge in [0, 0.05) is 88.6 Å². The van der Waals surface area contributed by atoms with Crippen LogP contribution in [0.25, 0.3) is 0 Å². The van der Waals surface area contributed by atoms with E-state index < -0.39 is 35.6 Å². The Morgan fingerprint density at radius 2 is 1.48 bits per heavy atom. The number of rotatable bonds is 33. The molecule has 18 heteroatoms. The number of likely N-dealkylation sites (tertiary alicyclic amines) is 1. The van der Waals surface area contributed by atoms with E-state index in [2.05, 4.69) is 22.4 Å². The van der Waals surface area contributed by atoms with Gasteiger partial charge in [-0.3, -0.25) is 38.5 Å². The van der Waals surface area contributed by atoms with Gasteiger partial charge in [0.1, 0.15) is 5.78 Å². The highest BCUT2D eigenvalue weighted by atomic mass is 32.1. The monoisotopic (exact) mass is 1040 g/mol. The summed E-state index contributed by atoms with van der Waals surface area (Å²) < 4.78 is 28.8. The normalized spacial score (nSPS) is 18.8. The minimum atomic E-state index is -1.26. The highest BCUT2D eigenvalue weighted by Gasteiger charge is 2.45. The zero-order chi connectivity index (χ0) is 53.1. The number of aromatic nitrogens is 1. The molecule has 0 spiro atoms. The van der Waals surface area contributed by atoms with Crippen LogP contribution < -0.4 is 5.32 Å². The molecular weight excluding hydrogens is 955 g/mol. The molecule has 5 rings (SSSR count). The van der Waals surface area contributed by atoms with Crippen molar-refractivity contribution >= 4 is 52.4 Å². The molecule has 1 saturated carbocycles. The van der Waals surface area contributed by atoms with Crippen LogP contribution in [-0.2, 0) is 63.7 Å². The fourth-order valence-electron chi connectivity index (χ4n) is 10.6. The van der Waals surface area contributed by atoms with Crippen molar-refractivity contribution in [2.75, 3.05) is 74.0 Å². The Labute approximate surface area is 436 Å². The number of ketones is 2. The summed E-state index contributed by atoms with van der Waals surface area (Å²) in [5.74, 6) is -2.98. The summed E-state index contributed by atoms with van der Waals surface area (Å²) in [6.07, 6.45) is 9.28. The van der Waals surface area contributed by atoms with Crippen LogP contribution in [-0.4, -0.2) is 165 Å². The Balaban J connectivity index is 1.12. The minimum absolute atomic E-state index is 0.0169. The van der Waals surface area contributed by atoms with Crippen molar-refractivity contribution in [2.24, 2.45) is 23.7 Å². The zero-order valence-corrected chi connectivity index (χ0v) is 45.2. The molecular formula is C55H81N5O12S. The number of thiazole rings is 1. The second-order valence-electron chi connectivity index (χ2n) is 20.6. The molecule has 404 valence electrons. The molecule has 1 aliphatic carbocycles. The van der Waals surface area contributed by atoms with Crippen molar-refractivity contribution in [1.29, 1.82) is 0 Å². The van der Waals surface area contributed by atoms with Crippen LogP contribution in [0.1, 0.15) is 115 Å². The first-order chi connectivity index (χ1) is 35.0. The standard InChI is InChI=1S/C55H81N5O12S/c1-37(2)42(35-46(62)55(4,5)57-47(63)22-26-70-28-30-72-31-29-71-27-25-60-48(64)20-21-49(60)65)54(67)58(6)51(40-17-12-13-18-40)45(68-7)36-50(66)59-24-14-19-43(59)52(69-8)38(3)44(61)34-41(53-56-23-32-73-53)33-39-15-10-9-11-16-39/h9-11,15-16,20-21,23,32,37-38,40-43,45,51-52H,12-14,17-19,22,24-31,33-36H2,1-8H3,(H,57,63)/t38-,41+,42-,43-,45+,51-,52+/m0/s1. The molecule has 17 nitrogen and oxygen atoms in total. The maximum Gasteiger partial charge on any atom is 0.253 e. The van der Waals surface area contributed by atoms with Gasteiger partial charge in [-0.1, -0.05) is 63.9 Å². The predicted octanol–water partition coefficient (Wildman–Crippen LogP) is 5.98. The van der Waals surface area contributed by atoms with Gasteiger partial charge in [0.05, 0.1) is 87.4 Å². The van der Waals surface area contributed by atoms with E-state index in [0.717, 1.165) is 47.6 Å². The highest BCUT2D eigenvalue weighted by Crippen LogP contribution is 2.37. The Kier molecular flexibility index (Phi) is 23.8. The molecule has 0 bridgehead atoms. The second kappa shape index (κ2) is 29.4. The van der Waals surface area contributed by atoms with Crippen LogP contribution in [0, 0.1) is 23.7 Å². The molecule has 0 radical (unpaired) electrons. The van der Waals surface area contributed by atoms with Gasteiger partial charge in [0.15, 0.2) is 5.78 Å². The van der Waals surface area contributed by atoms with Gasteiger partial charge in [-0.05, 0) is 63.4 Å². The number of carbonyl (C=O) groups excluding carboxylic acids is 7. The first-order valence-electron chi connectivity index (χ1n) is 26.2. The summed E-state index contributed by atoms with van der Waals surface area (Å²) in [5, 5.41) is 5.70. The van der Waals surface area contributed by atoms with Crippen molar-refractivity contribution in [3.63, 3.8) is 0 Å². The summed E-state index contributed by atoms with van der Waals surface area (Å²) in [6.45, 7) is 11.1. The largest absolute Gasteiger partial charge is 0.379 e. The quantitative estimate of drug-likeness (QED) is 0.0647. The molecule has 3 aliphatic rings. The molecule has 7 atom stereocenters. The Morgan fingerprint density at radius 1 is 0.836 bits per heavy atom. The van der Waals surface area contributed by atoms with Crippen molar-refractivity contribution in [3.8, 4) is 0 Å². The summed E-state index contributed by atoms with van der Waals surface area (Å²) in [5.41, 5.74) is -0.123. The number of hydrogen-bond donors (Lipinski definition) is 1. The summed E-state index contributed by atoms with van der Waals surface area (Å²) in [4.78, 5) is 103. The van der Waals surface area contributed by atoms with Gasteiger partial charge in [0.2, 0.25) is 17.7 Å². The number of likely N-dealkylation sites (N-methyl/N-ethyl adjacent to an activating group) is 1. The van der Waals surface area contributed by atoms with Crippen molar-refractivity contribution in [1.82, 2.24) is 25.0 Å². The molecule has 2 aromatic rings. The number of nitrogens with one attached hydrogen (secondary N) is 1. The number of benzene rings is 1. The average Bonchev–Trinajstić information content (AvgIpc) is 4.23. The molecule has 1 saturated heterocycles. The van der Waals surface area contributed by atoms with E-state index in [4.69, 9.17) is 23.7 Å². The molecule has 3 heterocycles. The van der Waals surface area contributed by atoms with Crippen molar-refractivity contribution in [2.45, 2.75) is 141 Å². The third kappa shape index (κ3) is 17.2. The predicted molar refractivity (Wildman–Crippen MR) is 276 cm³/mol. The fourth-order valence-corrected chi connectivity index (χ4v) is 11.3. The van der Waals surface area contributed by atoms with Gasteiger partial charge in [-0.15, -0.1) is 11.3 Å². The number of nitrogens with zero attached hydrogens (tertiary/aromatic N) is 4. The van der Waals surface area contributed by atoms with Crippen LogP contribution in [0.3, 0.4) is 0 Å². The van der Waals surface area contributed by atoms with Gasteiger partial charge >= 0.3 is 0 Å². The molecule has 1 aromatic heterocycles. The molecule has 0 unspecified atom stereocenters. The van der Waals surface area contributed by atoms with Crippen LogP contribution in [0.5, 0.6) is 0 Å². The number of methoxy groups -OCH3 is 2. The summed E-state index contributed by atoms with van der Waals surface area (Å²) in [6, 6.07) is 9.38. The van der Waals surface area contributed by atoms with E-state index >= 15 is 0 Å². The molecule has 73 heavy (non-hydrogen) atoms. The number of carbonyl (C=O) groups is 7. The van der Waals surface area contributed by atoms with Crippen LogP contribution in [0.15, 0.2) is 54.1 Å². The van der Waals surface area contributed by atoms with E-state index in [-0.39, 0.29) is 130 Å².